The molecule has 0 saturated carbocycles. The van der Waals surface area contributed by atoms with Gasteiger partial charge in [-0.15, -0.1) is 0 Å². The lowest BCUT2D eigenvalue weighted by Gasteiger charge is -2.21. The van der Waals surface area contributed by atoms with Crippen molar-refractivity contribution in [3.05, 3.63) is 29.3 Å². The van der Waals surface area contributed by atoms with Gasteiger partial charge in [0.2, 0.25) is 0 Å². The number of nitrogens with zero attached hydrogens (tertiary/aromatic N) is 1. The van der Waals surface area contributed by atoms with Crippen LogP contribution in [0.25, 0.3) is 0 Å². The monoisotopic (exact) mass is 304 g/mol. The summed E-state index contributed by atoms with van der Waals surface area (Å²) in [6.45, 7) is 1.15. The Balaban J connectivity index is 2.50. The van der Waals surface area contributed by atoms with Gasteiger partial charge in [-0.2, -0.15) is 0 Å². The number of sulfone groups is 1. The van der Waals surface area contributed by atoms with Gasteiger partial charge in [0.1, 0.15) is 16.5 Å². The highest BCUT2D eigenvalue weighted by Crippen LogP contribution is 2.36. The topological polar surface area (TPSA) is 63.4 Å². The average Bonchev–Trinajstić information content (AvgIpc) is 2.71. The first-order chi connectivity index (χ1) is 9.24. The highest BCUT2D eigenvalue weighted by atomic mass is 32.2. The molecule has 0 spiro atoms. The van der Waals surface area contributed by atoms with E-state index in [2.05, 4.69) is 0 Å². The minimum atomic E-state index is -3.80. The summed E-state index contributed by atoms with van der Waals surface area (Å²) >= 11 is 0. The summed E-state index contributed by atoms with van der Waals surface area (Å²) in [6, 6.07) is 1.45. The highest BCUT2D eigenvalue weighted by molar-refractivity contribution is 7.90. The zero-order valence-electron chi connectivity index (χ0n) is 11.4. The molecule has 2 rings (SSSR count). The van der Waals surface area contributed by atoms with Crippen LogP contribution in [0.1, 0.15) is 18.0 Å². The maximum atomic E-state index is 14.4. The Morgan fingerprint density at radius 3 is 2.55 bits per heavy atom. The fraction of sp³-hybridized carbons (Fsp3) is 0.538. The van der Waals surface area contributed by atoms with Crippen molar-refractivity contribution in [2.24, 2.45) is 11.7 Å². The van der Waals surface area contributed by atoms with Crippen LogP contribution in [0.2, 0.25) is 0 Å². The lowest BCUT2D eigenvalue weighted by atomic mass is 9.99. The Morgan fingerprint density at radius 2 is 2.05 bits per heavy atom. The van der Waals surface area contributed by atoms with Gasteiger partial charge in [-0.3, -0.25) is 4.90 Å². The first-order valence-electron chi connectivity index (χ1n) is 6.33. The maximum Gasteiger partial charge on any atom is 0.178 e. The molecule has 1 aliphatic heterocycles. The molecule has 1 heterocycles. The van der Waals surface area contributed by atoms with Crippen molar-refractivity contribution in [1.82, 2.24) is 4.90 Å². The van der Waals surface area contributed by atoms with E-state index in [0.29, 0.717) is 19.5 Å². The highest BCUT2D eigenvalue weighted by Gasteiger charge is 2.33. The van der Waals surface area contributed by atoms with Gasteiger partial charge >= 0.3 is 0 Å². The molecule has 1 saturated heterocycles. The quantitative estimate of drug-likeness (QED) is 0.915. The molecule has 0 radical (unpaired) electrons. The predicted octanol–water partition coefficient (Wildman–Crippen LogP) is 1.32. The molecule has 0 amide bonds. The van der Waals surface area contributed by atoms with E-state index in [4.69, 9.17) is 5.73 Å². The molecular weight excluding hydrogens is 286 g/mol. The van der Waals surface area contributed by atoms with E-state index < -0.39 is 26.4 Å². The minimum absolute atomic E-state index is 0.0869. The van der Waals surface area contributed by atoms with E-state index in [1.54, 1.807) is 7.05 Å². The molecule has 1 aromatic rings. The largest absolute Gasteiger partial charge is 0.330 e. The molecule has 2 N–H and O–H groups in total. The molecule has 2 unspecified atom stereocenters. The second-order valence-corrected chi connectivity index (χ2v) is 7.36. The lowest BCUT2D eigenvalue weighted by molar-refractivity contribution is 0.304. The van der Waals surface area contributed by atoms with E-state index in [-0.39, 0.29) is 17.5 Å². The van der Waals surface area contributed by atoms with Crippen molar-refractivity contribution in [2.75, 3.05) is 26.4 Å². The second kappa shape index (κ2) is 5.38. The van der Waals surface area contributed by atoms with Crippen molar-refractivity contribution in [2.45, 2.75) is 17.4 Å². The number of halogens is 2. The van der Waals surface area contributed by atoms with Gasteiger partial charge in [0.05, 0.1) is 0 Å². The molecule has 0 bridgehead atoms. The summed E-state index contributed by atoms with van der Waals surface area (Å²) in [5, 5.41) is 0. The van der Waals surface area contributed by atoms with E-state index in [9.17, 15) is 17.2 Å². The van der Waals surface area contributed by atoms with Gasteiger partial charge in [-0.05, 0) is 38.1 Å². The first-order valence-corrected chi connectivity index (χ1v) is 8.22. The van der Waals surface area contributed by atoms with Gasteiger partial charge in [-0.1, -0.05) is 0 Å². The van der Waals surface area contributed by atoms with E-state index >= 15 is 0 Å². The third-order valence-corrected chi connectivity index (χ3v) is 4.85. The van der Waals surface area contributed by atoms with Crippen molar-refractivity contribution in [3.63, 3.8) is 0 Å². The Labute approximate surface area is 117 Å². The van der Waals surface area contributed by atoms with E-state index in [1.807, 2.05) is 4.90 Å². The molecule has 112 valence electrons. The Morgan fingerprint density at radius 1 is 1.40 bits per heavy atom. The summed E-state index contributed by atoms with van der Waals surface area (Å²) in [7, 11) is -2.01. The molecule has 0 aliphatic carbocycles. The van der Waals surface area contributed by atoms with Gasteiger partial charge in [-0.25, -0.2) is 17.2 Å². The Bertz CT molecular complexity index is 619. The molecule has 7 heteroatoms. The summed E-state index contributed by atoms with van der Waals surface area (Å²) in [4.78, 5) is 1.29. The third kappa shape index (κ3) is 2.84. The second-order valence-electron chi connectivity index (χ2n) is 5.37. The molecule has 4 nitrogen and oxygen atoms in total. The summed E-state index contributed by atoms with van der Waals surface area (Å²) in [6.07, 6.45) is 1.46. The van der Waals surface area contributed by atoms with Crippen LogP contribution in [-0.2, 0) is 9.84 Å². The number of nitrogens with two attached hydrogens (primary N) is 1. The predicted molar refractivity (Wildman–Crippen MR) is 72.0 cm³/mol. The van der Waals surface area contributed by atoms with Crippen LogP contribution in [0.3, 0.4) is 0 Å². The van der Waals surface area contributed by atoms with Crippen LogP contribution < -0.4 is 5.73 Å². The van der Waals surface area contributed by atoms with Gasteiger partial charge in [0.15, 0.2) is 9.84 Å². The number of rotatable bonds is 3. The van der Waals surface area contributed by atoms with Crippen molar-refractivity contribution in [1.29, 1.82) is 0 Å². The van der Waals surface area contributed by atoms with Crippen LogP contribution in [0.15, 0.2) is 17.0 Å². The summed E-state index contributed by atoms with van der Waals surface area (Å²) in [5.74, 6) is -1.40. The van der Waals surface area contributed by atoms with Crippen LogP contribution in [0.4, 0.5) is 8.78 Å². The van der Waals surface area contributed by atoms with Crippen molar-refractivity contribution < 1.29 is 17.2 Å². The normalized spacial score (nSPS) is 24.2. The third-order valence-electron chi connectivity index (χ3n) is 3.76. The van der Waals surface area contributed by atoms with Gasteiger partial charge < -0.3 is 5.73 Å². The SMILES string of the molecule is CN1CC(CN)CC1c1cc(F)cc(S(C)(=O)=O)c1F. The van der Waals surface area contributed by atoms with Crippen molar-refractivity contribution in [3.8, 4) is 0 Å². The first kappa shape index (κ1) is 15.3. The zero-order chi connectivity index (χ0) is 15.1. The molecule has 1 aromatic carbocycles. The standard InChI is InChI=1S/C13H18F2N2O2S/c1-17-7-8(6-16)3-11(17)10-4-9(14)5-12(13(10)15)20(2,18)19/h4-5,8,11H,3,6-7,16H2,1-2H3. The molecule has 2 atom stereocenters. The Hall–Kier alpha value is -1.05. The van der Waals surface area contributed by atoms with Gasteiger partial charge in [0, 0.05) is 24.4 Å². The van der Waals surface area contributed by atoms with Crippen molar-refractivity contribution >= 4 is 9.84 Å². The molecular formula is C13H18F2N2O2S. The minimum Gasteiger partial charge on any atom is -0.330 e. The molecule has 1 fully saturated rings. The van der Waals surface area contributed by atoms with Crippen LogP contribution in [-0.4, -0.2) is 39.7 Å². The zero-order valence-corrected chi connectivity index (χ0v) is 12.3. The molecule has 0 aromatic heterocycles. The summed E-state index contributed by atoms with van der Waals surface area (Å²) < 4.78 is 51.1. The smallest absolute Gasteiger partial charge is 0.178 e. The number of benzene rings is 1. The number of likely N-dealkylation sites (tertiary alicyclic amines) is 1. The van der Waals surface area contributed by atoms with Crippen LogP contribution >= 0.6 is 0 Å². The number of hydrogen-bond acceptors (Lipinski definition) is 4. The maximum absolute atomic E-state index is 14.4. The lowest BCUT2D eigenvalue weighted by Crippen LogP contribution is -2.21. The Kier molecular flexibility index (Phi) is 4.13. The van der Waals surface area contributed by atoms with Crippen LogP contribution in [0.5, 0.6) is 0 Å². The fourth-order valence-electron chi connectivity index (χ4n) is 2.74. The molecule has 20 heavy (non-hydrogen) atoms. The van der Waals surface area contributed by atoms with Crippen LogP contribution in [0, 0.1) is 17.6 Å². The van der Waals surface area contributed by atoms with E-state index in [0.717, 1.165) is 18.4 Å². The summed E-state index contributed by atoms with van der Waals surface area (Å²) in [5.41, 5.74) is 5.70. The van der Waals surface area contributed by atoms with Gasteiger partial charge in [0.25, 0.3) is 0 Å². The van der Waals surface area contributed by atoms with E-state index in [1.165, 1.54) is 0 Å². The fourth-order valence-corrected chi connectivity index (χ4v) is 3.51. The average molecular weight is 304 g/mol. The molecule has 1 aliphatic rings. The number of hydrogen-bond donors (Lipinski definition) is 1.